The molecule has 0 aliphatic heterocycles. The lowest BCUT2D eigenvalue weighted by Crippen LogP contribution is -2.31. The van der Waals surface area contributed by atoms with Gasteiger partial charge in [0.15, 0.2) is 0 Å². The molecule has 5 heteroatoms. The quantitative estimate of drug-likeness (QED) is 0.858. The maximum Gasteiger partial charge on any atom is 0.251 e. The number of benzene rings is 2. The summed E-state index contributed by atoms with van der Waals surface area (Å²) in [5, 5.41) is 5.66. The number of nitrogens with zero attached hydrogens (tertiary/aromatic N) is 1. The van der Waals surface area contributed by atoms with Gasteiger partial charge in [-0.1, -0.05) is 24.3 Å². The van der Waals surface area contributed by atoms with Crippen molar-refractivity contribution in [2.45, 2.75) is 19.9 Å². The molecule has 0 unspecified atom stereocenters. The van der Waals surface area contributed by atoms with Crippen LogP contribution >= 0.6 is 0 Å². The van der Waals surface area contributed by atoms with Crippen LogP contribution in [0.2, 0.25) is 0 Å². The number of hydrogen-bond donors (Lipinski definition) is 2. The SMILES string of the molecule is CC(C)NC(=O)c1cccc(NC(=O)CN(C)c2ccccc2)c1. The normalized spacial score (nSPS) is 10.3. The summed E-state index contributed by atoms with van der Waals surface area (Å²) in [5.74, 6) is -0.287. The van der Waals surface area contributed by atoms with Gasteiger partial charge in [-0.2, -0.15) is 0 Å². The van der Waals surface area contributed by atoms with E-state index in [1.165, 1.54) is 0 Å². The molecule has 0 aliphatic carbocycles. The summed E-state index contributed by atoms with van der Waals surface area (Å²) in [4.78, 5) is 26.1. The fourth-order valence-electron chi connectivity index (χ4n) is 2.27. The molecule has 0 saturated carbocycles. The number of nitrogens with one attached hydrogen (secondary N) is 2. The second-order valence-corrected chi connectivity index (χ2v) is 5.95. The largest absolute Gasteiger partial charge is 0.365 e. The van der Waals surface area contributed by atoms with Gasteiger partial charge in [-0.3, -0.25) is 9.59 Å². The predicted molar refractivity (Wildman–Crippen MR) is 97.4 cm³/mol. The van der Waals surface area contributed by atoms with E-state index in [4.69, 9.17) is 0 Å². The highest BCUT2D eigenvalue weighted by atomic mass is 16.2. The fourth-order valence-corrected chi connectivity index (χ4v) is 2.27. The third-order valence-electron chi connectivity index (χ3n) is 3.41. The average molecular weight is 325 g/mol. The van der Waals surface area contributed by atoms with E-state index in [0.29, 0.717) is 11.3 Å². The molecule has 2 rings (SSSR count). The number of carbonyl (C=O) groups excluding carboxylic acids is 2. The molecular weight excluding hydrogens is 302 g/mol. The van der Waals surface area contributed by atoms with Gasteiger partial charge in [0, 0.05) is 30.0 Å². The van der Waals surface area contributed by atoms with Gasteiger partial charge in [-0.25, -0.2) is 0 Å². The molecule has 0 fully saturated rings. The van der Waals surface area contributed by atoms with Crippen LogP contribution in [-0.2, 0) is 4.79 Å². The van der Waals surface area contributed by atoms with E-state index in [2.05, 4.69) is 10.6 Å². The topological polar surface area (TPSA) is 61.4 Å². The first-order valence-corrected chi connectivity index (χ1v) is 7.92. The van der Waals surface area contributed by atoms with Gasteiger partial charge in [0.1, 0.15) is 0 Å². The minimum atomic E-state index is -0.150. The van der Waals surface area contributed by atoms with Crippen molar-refractivity contribution in [3.05, 3.63) is 60.2 Å². The zero-order valence-corrected chi connectivity index (χ0v) is 14.2. The van der Waals surface area contributed by atoms with Crippen LogP contribution in [0.3, 0.4) is 0 Å². The molecule has 0 atom stereocenters. The first kappa shape index (κ1) is 17.5. The Kier molecular flexibility index (Phi) is 5.95. The Labute approximate surface area is 142 Å². The zero-order chi connectivity index (χ0) is 17.5. The minimum Gasteiger partial charge on any atom is -0.365 e. The molecular formula is C19H23N3O2. The number of likely N-dealkylation sites (N-methyl/N-ethyl adjacent to an activating group) is 1. The molecule has 0 aliphatic rings. The number of amides is 2. The van der Waals surface area contributed by atoms with Crippen LogP contribution < -0.4 is 15.5 Å². The fraction of sp³-hybridized carbons (Fsp3) is 0.263. The van der Waals surface area contributed by atoms with Crippen LogP contribution in [0.25, 0.3) is 0 Å². The van der Waals surface area contributed by atoms with Crippen LogP contribution in [0, 0.1) is 0 Å². The van der Waals surface area contributed by atoms with Gasteiger partial charge in [0.05, 0.1) is 6.54 Å². The Morgan fingerprint density at radius 2 is 1.75 bits per heavy atom. The molecule has 2 N–H and O–H groups in total. The van der Waals surface area contributed by atoms with Gasteiger partial charge >= 0.3 is 0 Å². The maximum atomic E-state index is 12.2. The molecule has 0 aromatic heterocycles. The number of para-hydroxylation sites is 1. The van der Waals surface area contributed by atoms with Gasteiger partial charge in [0.25, 0.3) is 5.91 Å². The zero-order valence-electron chi connectivity index (χ0n) is 14.2. The molecule has 0 heterocycles. The monoisotopic (exact) mass is 325 g/mol. The van der Waals surface area contributed by atoms with E-state index in [9.17, 15) is 9.59 Å². The van der Waals surface area contributed by atoms with Crippen LogP contribution in [0.15, 0.2) is 54.6 Å². The van der Waals surface area contributed by atoms with E-state index < -0.39 is 0 Å². The smallest absolute Gasteiger partial charge is 0.251 e. The van der Waals surface area contributed by atoms with E-state index in [-0.39, 0.29) is 24.4 Å². The Bertz CT molecular complexity index is 699. The van der Waals surface area contributed by atoms with Gasteiger partial charge < -0.3 is 15.5 Å². The Morgan fingerprint density at radius 1 is 1.04 bits per heavy atom. The first-order chi connectivity index (χ1) is 11.5. The van der Waals surface area contributed by atoms with Gasteiger partial charge in [-0.05, 0) is 44.2 Å². The Morgan fingerprint density at radius 3 is 2.42 bits per heavy atom. The minimum absolute atomic E-state index is 0.0651. The Hall–Kier alpha value is -2.82. The van der Waals surface area contributed by atoms with Crippen molar-refractivity contribution in [2.75, 3.05) is 23.8 Å². The molecule has 0 radical (unpaired) electrons. The lowest BCUT2D eigenvalue weighted by Gasteiger charge is -2.18. The lowest BCUT2D eigenvalue weighted by molar-refractivity contribution is -0.114. The molecule has 0 bridgehead atoms. The summed E-state index contributed by atoms with van der Waals surface area (Å²) in [6, 6.07) is 16.7. The summed E-state index contributed by atoms with van der Waals surface area (Å²) in [6.45, 7) is 4.04. The van der Waals surface area contributed by atoms with E-state index in [1.54, 1.807) is 24.3 Å². The van der Waals surface area contributed by atoms with Gasteiger partial charge in [-0.15, -0.1) is 0 Å². The molecule has 2 aromatic rings. The maximum absolute atomic E-state index is 12.2. The number of hydrogen-bond acceptors (Lipinski definition) is 3. The third kappa shape index (κ3) is 5.12. The lowest BCUT2D eigenvalue weighted by atomic mass is 10.1. The molecule has 2 amide bonds. The third-order valence-corrected chi connectivity index (χ3v) is 3.41. The Balaban J connectivity index is 1.98. The van der Waals surface area contributed by atoms with Crippen LogP contribution in [0.5, 0.6) is 0 Å². The van der Waals surface area contributed by atoms with Crippen molar-refractivity contribution < 1.29 is 9.59 Å². The van der Waals surface area contributed by atoms with E-state index in [1.807, 2.05) is 56.1 Å². The standard InChI is InChI=1S/C19H23N3O2/c1-14(2)20-19(24)15-8-7-9-16(12-15)21-18(23)13-22(3)17-10-5-4-6-11-17/h4-12,14H,13H2,1-3H3,(H,20,24)(H,21,23). The second kappa shape index (κ2) is 8.15. The molecule has 24 heavy (non-hydrogen) atoms. The number of anilines is 2. The van der Waals surface area contributed by atoms with Crippen LogP contribution in [0.1, 0.15) is 24.2 Å². The molecule has 0 spiro atoms. The molecule has 2 aromatic carbocycles. The van der Waals surface area contributed by atoms with Crippen molar-refractivity contribution in [1.82, 2.24) is 5.32 Å². The highest BCUT2D eigenvalue weighted by Crippen LogP contribution is 2.13. The number of carbonyl (C=O) groups is 2. The molecule has 126 valence electrons. The number of rotatable bonds is 6. The summed E-state index contributed by atoms with van der Waals surface area (Å²) in [5.41, 5.74) is 2.11. The summed E-state index contributed by atoms with van der Waals surface area (Å²) in [7, 11) is 1.86. The van der Waals surface area contributed by atoms with Crippen LogP contribution in [0.4, 0.5) is 11.4 Å². The summed E-state index contributed by atoms with van der Waals surface area (Å²) >= 11 is 0. The average Bonchev–Trinajstić information content (AvgIpc) is 2.55. The molecule has 0 saturated heterocycles. The first-order valence-electron chi connectivity index (χ1n) is 7.92. The van der Waals surface area contributed by atoms with E-state index >= 15 is 0 Å². The van der Waals surface area contributed by atoms with Crippen molar-refractivity contribution in [3.63, 3.8) is 0 Å². The second-order valence-electron chi connectivity index (χ2n) is 5.95. The highest BCUT2D eigenvalue weighted by molar-refractivity contribution is 5.98. The van der Waals surface area contributed by atoms with Crippen molar-refractivity contribution in [2.24, 2.45) is 0 Å². The molecule has 5 nitrogen and oxygen atoms in total. The summed E-state index contributed by atoms with van der Waals surface area (Å²) < 4.78 is 0. The van der Waals surface area contributed by atoms with Crippen LogP contribution in [-0.4, -0.2) is 31.4 Å². The predicted octanol–water partition coefficient (Wildman–Crippen LogP) is 2.90. The van der Waals surface area contributed by atoms with Crippen molar-refractivity contribution >= 4 is 23.2 Å². The van der Waals surface area contributed by atoms with E-state index in [0.717, 1.165) is 5.69 Å². The summed E-state index contributed by atoms with van der Waals surface area (Å²) in [6.07, 6.45) is 0. The van der Waals surface area contributed by atoms with Gasteiger partial charge in [0.2, 0.25) is 5.91 Å². The van der Waals surface area contributed by atoms with Crippen molar-refractivity contribution in [1.29, 1.82) is 0 Å². The van der Waals surface area contributed by atoms with Crippen molar-refractivity contribution in [3.8, 4) is 0 Å². The highest BCUT2D eigenvalue weighted by Gasteiger charge is 2.10.